The zero-order valence-corrected chi connectivity index (χ0v) is 11.6. The maximum atomic E-state index is 12.1. The molecule has 108 valence electrons. The van der Waals surface area contributed by atoms with E-state index in [1.54, 1.807) is 26.0 Å². The highest BCUT2D eigenvalue weighted by atomic mass is 16.6. The van der Waals surface area contributed by atoms with Crippen LogP contribution in [0.1, 0.15) is 21.5 Å². The summed E-state index contributed by atoms with van der Waals surface area (Å²) in [5, 5.41) is 22.8. The number of nitrogens with one attached hydrogen (secondary N) is 1. The van der Waals surface area contributed by atoms with Crippen LogP contribution in [0.5, 0.6) is 5.75 Å². The summed E-state index contributed by atoms with van der Waals surface area (Å²) in [6.45, 7) is 3.55. The van der Waals surface area contributed by atoms with Crippen molar-refractivity contribution in [2.75, 3.05) is 5.32 Å². The van der Waals surface area contributed by atoms with Crippen LogP contribution in [0, 0.1) is 24.0 Å². The first kappa shape index (κ1) is 14.5. The lowest BCUT2D eigenvalue weighted by molar-refractivity contribution is -0.384. The van der Waals surface area contributed by atoms with Gasteiger partial charge in [-0.15, -0.1) is 0 Å². The number of amides is 1. The Morgan fingerprint density at radius 3 is 2.14 bits per heavy atom. The fraction of sp³-hybridized carbons (Fsp3) is 0.133. The molecule has 21 heavy (non-hydrogen) atoms. The molecule has 0 radical (unpaired) electrons. The van der Waals surface area contributed by atoms with Gasteiger partial charge in [0.15, 0.2) is 0 Å². The van der Waals surface area contributed by atoms with Gasteiger partial charge < -0.3 is 10.4 Å². The van der Waals surface area contributed by atoms with Gasteiger partial charge >= 0.3 is 0 Å². The predicted molar refractivity (Wildman–Crippen MR) is 78.6 cm³/mol. The van der Waals surface area contributed by atoms with E-state index in [0.29, 0.717) is 11.3 Å². The summed E-state index contributed by atoms with van der Waals surface area (Å²) in [6, 6.07) is 8.48. The van der Waals surface area contributed by atoms with Crippen LogP contribution in [0.4, 0.5) is 11.4 Å². The Bertz CT molecular complexity index is 685. The third kappa shape index (κ3) is 3.17. The van der Waals surface area contributed by atoms with Crippen molar-refractivity contribution in [3.63, 3.8) is 0 Å². The number of non-ortho nitro benzene ring substituents is 1. The number of rotatable bonds is 3. The molecule has 0 bridgehead atoms. The molecule has 0 atom stereocenters. The number of carbonyl (C=O) groups excluding carboxylic acids is 1. The van der Waals surface area contributed by atoms with Crippen LogP contribution < -0.4 is 5.32 Å². The monoisotopic (exact) mass is 286 g/mol. The number of aryl methyl sites for hydroxylation is 2. The van der Waals surface area contributed by atoms with Gasteiger partial charge in [-0.25, -0.2) is 0 Å². The molecule has 0 saturated heterocycles. The Labute approximate surface area is 121 Å². The molecule has 0 aliphatic rings. The lowest BCUT2D eigenvalue weighted by Crippen LogP contribution is -2.13. The van der Waals surface area contributed by atoms with E-state index in [4.69, 9.17) is 0 Å². The molecule has 0 aliphatic carbocycles. The van der Waals surface area contributed by atoms with Crippen LogP contribution in [-0.2, 0) is 0 Å². The third-order valence-corrected chi connectivity index (χ3v) is 3.10. The Kier molecular flexibility index (Phi) is 3.89. The highest BCUT2D eigenvalue weighted by molar-refractivity contribution is 6.05. The summed E-state index contributed by atoms with van der Waals surface area (Å²) < 4.78 is 0. The van der Waals surface area contributed by atoms with E-state index in [1.807, 2.05) is 0 Å². The SMILES string of the molecule is Cc1cc(O)cc(C)c1NC(=O)c1ccc([N+](=O)[O-])cc1. The molecule has 0 heterocycles. The lowest BCUT2D eigenvalue weighted by Gasteiger charge is -2.12. The minimum absolute atomic E-state index is 0.0662. The van der Waals surface area contributed by atoms with Gasteiger partial charge in [0.2, 0.25) is 0 Å². The van der Waals surface area contributed by atoms with Crippen molar-refractivity contribution in [1.29, 1.82) is 0 Å². The summed E-state index contributed by atoms with van der Waals surface area (Å²) in [6.07, 6.45) is 0. The molecule has 0 aliphatic heterocycles. The first-order chi connectivity index (χ1) is 9.88. The summed E-state index contributed by atoms with van der Waals surface area (Å²) in [5.41, 5.74) is 2.36. The van der Waals surface area contributed by atoms with Gasteiger partial charge in [0.05, 0.1) is 4.92 Å². The number of nitro groups is 1. The van der Waals surface area contributed by atoms with Crippen molar-refractivity contribution in [2.24, 2.45) is 0 Å². The summed E-state index contributed by atoms with van der Waals surface area (Å²) in [5.74, 6) is -0.222. The van der Waals surface area contributed by atoms with Crippen molar-refractivity contribution in [3.05, 3.63) is 63.2 Å². The number of hydrogen-bond acceptors (Lipinski definition) is 4. The summed E-state index contributed by atoms with van der Waals surface area (Å²) >= 11 is 0. The number of phenolic OH excluding ortho intramolecular Hbond substituents is 1. The molecule has 0 spiro atoms. The Hall–Kier alpha value is -2.89. The van der Waals surface area contributed by atoms with E-state index >= 15 is 0 Å². The lowest BCUT2D eigenvalue weighted by atomic mass is 10.1. The zero-order chi connectivity index (χ0) is 15.6. The van der Waals surface area contributed by atoms with Crippen molar-refractivity contribution in [3.8, 4) is 5.75 Å². The molecule has 0 fully saturated rings. The second-order valence-electron chi connectivity index (χ2n) is 4.71. The number of nitro benzene ring substituents is 1. The highest BCUT2D eigenvalue weighted by Crippen LogP contribution is 2.26. The fourth-order valence-electron chi connectivity index (χ4n) is 2.06. The molecule has 2 rings (SSSR count). The Morgan fingerprint density at radius 2 is 1.67 bits per heavy atom. The van der Waals surface area contributed by atoms with E-state index in [0.717, 1.165) is 11.1 Å². The molecule has 6 heteroatoms. The molecular weight excluding hydrogens is 272 g/mol. The highest BCUT2D eigenvalue weighted by Gasteiger charge is 2.12. The van der Waals surface area contributed by atoms with E-state index < -0.39 is 4.92 Å². The number of benzene rings is 2. The molecule has 2 aromatic carbocycles. The van der Waals surface area contributed by atoms with Gasteiger partial charge in [0.25, 0.3) is 11.6 Å². The number of phenols is 1. The van der Waals surface area contributed by atoms with Crippen LogP contribution in [0.25, 0.3) is 0 Å². The average molecular weight is 286 g/mol. The first-order valence-corrected chi connectivity index (χ1v) is 6.24. The van der Waals surface area contributed by atoms with Crippen molar-refractivity contribution in [1.82, 2.24) is 0 Å². The van der Waals surface area contributed by atoms with Crippen LogP contribution >= 0.6 is 0 Å². The zero-order valence-electron chi connectivity index (χ0n) is 11.6. The summed E-state index contributed by atoms with van der Waals surface area (Å²) in [4.78, 5) is 22.2. The maximum absolute atomic E-state index is 12.1. The van der Waals surface area contributed by atoms with E-state index in [-0.39, 0.29) is 17.3 Å². The van der Waals surface area contributed by atoms with Crippen LogP contribution in [0.15, 0.2) is 36.4 Å². The van der Waals surface area contributed by atoms with Crippen molar-refractivity contribution in [2.45, 2.75) is 13.8 Å². The molecule has 1 amide bonds. The smallest absolute Gasteiger partial charge is 0.269 e. The molecule has 2 aromatic rings. The van der Waals surface area contributed by atoms with Gasteiger partial charge in [0.1, 0.15) is 5.75 Å². The van der Waals surface area contributed by atoms with E-state index in [1.165, 1.54) is 24.3 Å². The van der Waals surface area contributed by atoms with Gasteiger partial charge in [-0.3, -0.25) is 14.9 Å². The molecule has 6 nitrogen and oxygen atoms in total. The van der Waals surface area contributed by atoms with Gasteiger partial charge in [-0.2, -0.15) is 0 Å². The minimum atomic E-state index is -0.518. The molecular formula is C15H14N2O4. The number of anilines is 1. The number of carbonyl (C=O) groups is 1. The number of aromatic hydroxyl groups is 1. The largest absolute Gasteiger partial charge is 0.508 e. The van der Waals surface area contributed by atoms with Gasteiger partial charge in [0, 0.05) is 23.4 Å². The number of hydrogen-bond donors (Lipinski definition) is 2. The second-order valence-corrected chi connectivity index (χ2v) is 4.71. The normalized spacial score (nSPS) is 10.2. The quantitative estimate of drug-likeness (QED) is 0.515. The second kappa shape index (κ2) is 5.62. The Balaban J connectivity index is 2.24. The minimum Gasteiger partial charge on any atom is -0.508 e. The number of nitrogens with zero attached hydrogens (tertiary/aromatic N) is 1. The van der Waals surface area contributed by atoms with Crippen molar-refractivity contribution < 1.29 is 14.8 Å². The van der Waals surface area contributed by atoms with Crippen molar-refractivity contribution >= 4 is 17.3 Å². The van der Waals surface area contributed by atoms with E-state index in [9.17, 15) is 20.0 Å². The molecule has 2 N–H and O–H groups in total. The van der Waals surface area contributed by atoms with Gasteiger partial charge in [-0.1, -0.05) is 0 Å². The molecule has 0 aromatic heterocycles. The summed E-state index contributed by atoms with van der Waals surface area (Å²) in [7, 11) is 0. The van der Waals surface area contributed by atoms with Crippen LogP contribution in [0.3, 0.4) is 0 Å². The van der Waals surface area contributed by atoms with E-state index in [2.05, 4.69) is 5.32 Å². The standard InChI is InChI=1S/C15H14N2O4/c1-9-7-13(18)8-10(2)14(9)16-15(19)11-3-5-12(6-4-11)17(20)21/h3-8,18H,1-2H3,(H,16,19). The van der Waals surface area contributed by atoms with Gasteiger partial charge in [-0.05, 0) is 49.2 Å². The maximum Gasteiger partial charge on any atom is 0.269 e. The average Bonchev–Trinajstić information content (AvgIpc) is 2.42. The third-order valence-electron chi connectivity index (χ3n) is 3.10. The van der Waals surface area contributed by atoms with Crippen LogP contribution in [-0.4, -0.2) is 15.9 Å². The Morgan fingerprint density at radius 1 is 1.14 bits per heavy atom. The molecule has 0 saturated carbocycles. The molecule has 0 unspecified atom stereocenters. The first-order valence-electron chi connectivity index (χ1n) is 6.24. The van der Waals surface area contributed by atoms with Crippen LogP contribution in [0.2, 0.25) is 0 Å². The topological polar surface area (TPSA) is 92.5 Å². The predicted octanol–water partition coefficient (Wildman–Crippen LogP) is 3.17. The fourth-order valence-corrected chi connectivity index (χ4v) is 2.06.